The summed E-state index contributed by atoms with van der Waals surface area (Å²) in [6.45, 7) is 1.20. The second-order valence-electron chi connectivity index (χ2n) is 6.52. The fourth-order valence-corrected chi connectivity index (χ4v) is 2.53. The van der Waals surface area contributed by atoms with Crippen LogP contribution in [0.1, 0.15) is 12.6 Å². The summed E-state index contributed by atoms with van der Waals surface area (Å²) in [5, 5.41) is 35.8. The van der Waals surface area contributed by atoms with Crippen molar-refractivity contribution in [1.29, 1.82) is 0 Å². The number of aromatic amines is 2. The monoisotopic (exact) mass is 412 g/mol. The highest BCUT2D eigenvalue weighted by Crippen LogP contribution is 2.15. The van der Waals surface area contributed by atoms with E-state index in [9.17, 15) is 14.7 Å². The zero-order valence-corrected chi connectivity index (χ0v) is 16.3. The number of aliphatic hydroxyl groups is 2. The number of hydrogen-bond donors (Lipinski definition) is 6. The molecular weight excluding hydrogens is 388 g/mol. The number of benzene rings is 2. The number of aromatic nitrogens is 2. The molecular formula is C22H24N2O6. The lowest BCUT2D eigenvalue weighted by Crippen LogP contribution is -2.22. The summed E-state index contributed by atoms with van der Waals surface area (Å²) in [7, 11) is 0. The van der Waals surface area contributed by atoms with Gasteiger partial charge in [-0.15, -0.1) is 0 Å². The number of hydrogen-bond acceptors (Lipinski definition) is 4. The van der Waals surface area contributed by atoms with Gasteiger partial charge in [0.15, 0.2) is 6.10 Å². The Morgan fingerprint density at radius 3 is 1.97 bits per heavy atom. The van der Waals surface area contributed by atoms with E-state index in [1.54, 1.807) is 0 Å². The summed E-state index contributed by atoms with van der Waals surface area (Å²) in [6, 6.07) is 19.8. The van der Waals surface area contributed by atoms with Crippen LogP contribution in [0, 0.1) is 0 Å². The maximum atomic E-state index is 10.5. The van der Waals surface area contributed by atoms with Crippen LogP contribution in [0.5, 0.6) is 0 Å². The van der Waals surface area contributed by atoms with Crippen LogP contribution in [-0.2, 0) is 16.0 Å². The molecule has 0 saturated carbocycles. The Hall–Kier alpha value is -3.62. The van der Waals surface area contributed by atoms with E-state index < -0.39 is 24.1 Å². The lowest BCUT2D eigenvalue weighted by Gasteiger charge is -2.01. The van der Waals surface area contributed by atoms with E-state index in [0.717, 1.165) is 16.6 Å². The van der Waals surface area contributed by atoms with Gasteiger partial charge in [-0.05, 0) is 42.0 Å². The summed E-state index contributed by atoms with van der Waals surface area (Å²) in [5.74, 6) is -2.39. The molecule has 0 amide bonds. The van der Waals surface area contributed by atoms with Crippen molar-refractivity contribution in [2.24, 2.45) is 0 Å². The number of rotatable bonds is 4. The van der Waals surface area contributed by atoms with E-state index in [0.29, 0.717) is 0 Å². The maximum Gasteiger partial charge on any atom is 0.332 e. The third-order valence-electron chi connectivity index (χ3n) is 4.10. The molecule has 6 N–H and O–H groups in total. The summed E-state index contributed by atoms with van der Waals surface area (Å²) in [4.78, 5) is 26.1. The lowest BCUT2D eigenvalue weighted by atomic mass is 10.2. The highest BCUT2D eigenvalue weighted by Gasteiger charge is 2.14. The summed E-state index contributed by atoms with van der Waals surface area (Å²) in [6.07, 6.45) is -0.530. The van der Waals surface area contributed by atoms with E-state index in [1.165, 1.54) is 17.8 Å². The van der Waals surface area contributed by atoms with Gasteiger partial charge in [-0.3, -0.25) is 0 Å². The molecule has 0 bridgehead atoms. The van der Waals surface area contributed by atoms with E-state index >= 15 is 0 Å². The van der Waals surface area contributed by atoms with Crippen molar-refractivity contribution in [3.8, 4) is 0 Å². The minimum Gasteiger partial charge on any atom is -0.479 e. The molecule has 4 rings (SSSR count). The molecule has 0 spiro atoms. The molecule has 0 radical (unpaired) electrons. The molecule has 2 aromatic carbocycles. The van der Waals surface area contributed by atoms with Crippen LogP contribution < -0.4 is 0 Å². The number of aliphatic carboxylic acids is 2. The Morgan fingerprint density at radius 1 is 0.867 bits per heavy atom. The molecule has 0 saturated heterocycles. The Morgan fingerprint density at radius 2 is 1.43 bits per heavy atom. The van der Waals surface area contributed by atoms with Crippen molar-refractivity contribution < 1.29 is 30.0 Å². The Labute approximate surface area is 172 Å². The average Bonchev–Trinajstić information content (AvgIpc) is 3.34. The zero-order chi connectivity index (χ0) is 22.1. The summed E-state index contributed by atoms with van der Waals surface area (Å²) >= 11 is 0. The summed E-state index contributed by atoms with van der Waals surface area (Å²) in [5.41, 5.74) is 2.88. The average molecular weight is 412 g/mol. The molecule has 8 heteroatoms. The quantitative estimate of drug-likeness (QED) is 0.304. The smallest absolute Gasteiger partial charge is 0.332 e. The van der Waals surface area contributed by atoms with Crippen LogP contribution in [-0.4, -0.2) is 54.5 Å². The first-order valence-corrected chi connectivity index (χ1v) is 9.18. The van der Waals surface area contributed by atoms with E-state index in [2.05, 4.69) is 28.2 Å². The van der Waals surface area contributed by atoms with Gasteiger partial charge in [0.05, 0.1) is 0 Å². The summed E-state index contributed by atoms with van der Waals surface area (Å²) < 4.78 is 0. The molecule has 30 heavy (non-hydrogen) atoms. The predicted molar refractivity (Wildman–Crippen MR) is 113 cm³/mol. The van der Waals surface area contributed by atoms with Crippen LogP contribution in [0.4, 0.5) is 0 Å². The largest absolute Gasteiger partial charge is 0.479 e. The van der Waals surface area contributed by atoms with E-state index in [4.69, 9.17) is 15.3 Å². The van der Waals surface area contributed by atoms with Gasteiger partial charge in [-0.25, -0.2) is 9.59 Å². The molecule has 2 unspecified atom stereocenters. The Bertz CT molecular complexity index is 1040. The second kappa shape index (κ2) is 10.8. The molecule has 2 aromatic heterocycles. The van der Waals surface area contributed by atoms with Crippen LogP contribution in [0.2, 0.25) is 0 Å². The van der Waals surface area contributed by atoms with Gasteiger partial charge in [0.2, 0.25) is 0 Å². The molecule has 0 fully saturated rings. The molecule has 158 valence electrons. The molecule has 4 aromatic rings. The molecule has 0 aliphatic rings. The highest BCUT2D eigenvalue weighted by molar-refractivity contribution is 5.81. The lowest BCUT2D eigenvalue weighted by molar-refractivity contribution is -0.146. The van der Waals surface area contributed by atoms with Crippen molar-refractivity contribution >= 4 is 33.7 Å². The first-order valence-electron chi connectivity index (χ1n) is 9.18. The molecule has 0 aliphatic heterocycles. The Kier molecular flexibility index (Phi) is 8.16. The number of carbonyl (C=O) groups is 2. The third kappa shape index (κ3) is 6.77. The van der Waals surface area contributed by atoms with Gasteiger partial charge in [-0.1, -0.05) is 36.4 Å². The van der Waals surface area contributed by atoms with Crippen LogP contribution in [0.3, 0.4) is 0 Å². The molecule has 2 heterocycles. The van der Waals surface area contributed by atoms with E-state index in [-0.39, 0.29) is 6.42 Å². The topological polar surface area (TPSA) is 147 Å². The standard InChI is InChI=1S/C11H11NO3.C8H7N.C3H6O3/c13-10(11(14)15)6-8-5-7-3-1-2-4-9(7)12-8;1-2-4-8-7(3-1)5-6-9-8;1-2(4)3(5)6/h1-5,10,12-13H,6H2,(H,14,15);1-6,9H;2,4H,1H3,(H,5,6). The number of para-hydroxylation sites is 2. The van der Waals surface area contributed by atoms with Crippen molar-refractivity contribution in [3.63, 3.8) is 0 Å². The van der Waals surface area contributed by atoms with Gasteiger partial charge in [0.1, 0.15) is 6.10 Å². The van der Waals surface area contributed by atoms with Crippen LogP contribution in [0.25, 0.3) is 21.8 Å². The van der Waals surface area contributed by atoms with Gasteiger partial charge in [0, 0.05) is 29.3 Å². The second-order valence-corrected chi connectivity index (χ2v) is 6.52. The van der Waals surface area contributed by atoms with Gasteiger partial charge in [-0.2, -0.15) is 0 Å². The number of aliphatic hydroxyl groups excluding tert-OH is 2. The van der Waals surface area contributed by atoms with Gasteiger partial charge >= 0.3 is 11.9 Å². The number of nitrogens with one attached hydrogen (secondary N) is 2. The number of carboxylic acid groups (broad SMARTS) is 2. The SMILES string of the molecule is CC(O)C(=O)O.O=C(O)C(O)Cc1cc2ccccc2[nH]1.c1ccc2[nH]ccc2c1. The van der Waals surface area contributed by atoms with Crippen LogP contribution in [0.15, 0.2) is 66.9 Å². The minimum absolute atomic E-state index is 0.101. The third-order valence-corrected chi connectivity index (χ3v) is 4.10. The minimum atomic E-state index is -1.35. The van der Waals surface area contributed by atoms with Crippen LogP contribution >= 0.6 is 0 Å². The number of carboxylic acids is 2. The van der Waals surface area contributed by atoms with E-state index in [1.807, 2.05) is 48.7 Å². The number of fused-ring (bicyclic) bond motifs is 2. The first-order chi connectivity index (χ1) is 14.3. The van der Waals surface area contributed by atoms with Crippen molar-refractivity contribution in [2.45, 2.75) is 25.6 Å². The Balaban J connectivity index is 0.000000181. The zero-order valence-electron chi connectivity index (χ0n) is 16.3. The predicted octanol–water partition coefficient (Wildman–Crippen LogP) is 2.78. The maximum absolute atomic E-state index is 10.5. The highest BCUT2D eigenvalue weighted by atomic mass is 16.4. The van der Waals surface area contributed by atoms with Crippen molar-refractivity contribution in [3.05, 3.63) is 72.6 Å². The van der Waals surface area contributed by atoms with Gasteiger partial charge in [0.25, 0.3) is 0 Å². The number of H-pyrrole nitrogens is 2. The van der Waals surface area contributed by atoms with Gasteiger partial charge < -0.3 is 30.4 Å². The molecule has 2 atom stereocenters. The first kappa shape index (κ1) is 22.7. The fourth-order valence-electron chi connectivity index (χ4n) is 2.53. The normalized spacial score (nSPS) is 12.2. The molecule has 0 aliphatic carbocycles. The van der Waals surface area contributed by atoms with Crippen molar-refractivity contribution in [1.82, 2.24) is 9.97 Å². The fraction of sp³-hybridized carbons (Fsp3) is 0.182. The molecule has 8 nitrogen and oxygen atoms in total. The van der Waals surface area contributed by atoms with Crippen molar-refractivity contribution in [2.75, 3.05) is 0 Å².